The zero-order chi connectivity index (χ0) is 23.7. The van der Waals surface area contributed by atoms with Crippen LogP contribution in [0.1, 0.15) is 56.5 Å². The van der Waals surface area contributed by atoms with E-state index in [4.69, 9.17) is 4.74 Å². The largest absolute Gasteiger partial charge is 0.457 e. The number of esters is 1. The molecule has 1 atom stereocenters. The normalized spacial score (nSPS) is 17.3. The third kappa shape index (κ3) is 4.39. The molecule has 1 fully saturated rings. The fraction of sp³-hybridized carbons (Fsp3) is 0.391. The van der Waals surface area contributed by atoms with E-state index in [1.807, 2.05) is 13.0 Å². The third-order valence-electron chi connectivity index (χ3n) is 6.51. The number of likely N-dealkylation sites (tertiary alicyclic amines) is 1. The SMILES string of the molecule is Cc1c([C@@H](O)CN2CCC(NC(=O)c3ccc(-n4cnnn4)cn3)CC2)ccc2c1COC2=O. The first-order chi connectivity index (χ1) is 16.5. The number of cyclic esters (lactones) is 1. The molecular formula is C23H25N7O4. The monoisotopic (exact) mass is 463 g/mol. The number of carbonyl (C=O) groups excluding carboxylic acids is 2. The lowest BCUT2D eigenvalue weighted by Gasteiger charge is -2.33. The van der Waals surface area contributed by atoms with Gasteiger partial charge in [-0.1, -0.05) is 6.07 Å². The van der Waals surface area contributed by atoms with Gasteiger partial charge in [-0.3, -0.25) is 4.79 Å². The van der Waals surface area contributed by atoms with E-state index in [1.165, 1.54) is 11.0 Å². The van der Waals surface area contributed by atoms with Gasteiger partial charge < -0.3 is 20.1 Å². The zero-order valence-electron chi connectivity index (χ0n) is 18.7. The first-order valence-corrected chi connectivity index (χ1v) is 11.2. The summed E-state index contributed by atoms with van der Waals surface area (Å²) in [5.41, 5.74) is 4.20. The van der Waals surface area contributed by atoms with Crippen molar-refractivity contribution in [3.8, 4) is 5.69 Å². The van der Waals surface area contributed by atoms with E-state index in [-0.39, 0.29) is 24.5 Å². The second-order valence-corrected chi connectivity index (χ2v) is 8.60. The van der Waals surface area contributed by atoms with Crippen molar-refractivity contribution in [2.75, 3.05) is 19.6 Å². The quantitative estimate of drug-likeness (QED) is 0.513. The maximum Gasteiger partial charge on any atom is 0.338 e. The third-order valence-corrected chi connectivity index (χ3v) is 6.51. The maximum atomic E-state index is 12.6. The Labute approximate surface area is 195 Å². The minimum atomic E-state index is -0.657. The van der Waals surface area contributed by atoms with Crippen molar-refractivity contribution in [2.24, 2.45) is 0 Å². The smallest absolute Gasteiger partial charge is 0.338 e. The molecule has 2 aromatic heterocycles. The van der Waals surface area contributed by atoms with Crippen LogP contribution in [0.3, 0.4) is 0 Å². The average Bonchev–Trinajstić information content (AvgIpc) is 3.51. The summed E-state index contributed by atoms with van der Waals surface area (Å²) >= 11 is 0. The lowest BCUT2D eigenvalue weighted by atomic mass is 9.94. The number of aliphatic hydroxyl groups is 1. The molecule has 1 amide bonds. The molecular weight excluding hydrogens is 438 g/mol. The number of benzene rings is 1. The van der Waals surface area contributed by atoms with E-state index in [9.17, 15) is 14.7 Å². The van der Waals surface area contributed by atoms with Crippen LogP contribution in [0.25, 0.3) is 5.69 Å². The van der Waals surface area contributed by atoms with Crippen LogP contribution in [0.15, 0.2) is 36.8 Å². The van der Waals surface area contributed by atoms with E-state index < -0.39 is 6.10 Å². The van der Waals surface area contributed by atoms with Gasteiger partial charge in [-0.15, -0.1) is 5.10 Å². The van der Waals surface area contributed by atoms with E-state index in [2.05, 4.69) is 30.7 Å². The number of aromatic nitrogens is 5. The van der Waals surface area contributed by atoms with E-state index >= 15 is 0 Å². The summed E-state index contributed by atoms with van der Waals surface area (Å²) in [6.45, 7) is 4.21. The van der Waals surface area contributed by atoms with Crippen molar-refractivity contribution in [1.29, 1.82) is 0 Å². The van der Waals surface area contributed by atoms with Crippen molar-refractivity contribution in [3.63, 3.8) is 0 Å². The fourth-order valence-corrected chi connectivity index (χ4v) is 4.53. The molecule has 5 rings (SSSR count). The Bertz CT molecular complexity index is 1190. The van der Waals surface area contributed by atoms with Gasteiger partial charge in [0.2, 0.25) is 0 Å². The number of fused-ring (bicyclic) bond motifs is 1. The van der Waals surface area contributed by atoms with Gasteiger partial charge in [0.05, 0.1) is 23.6 Å². The molecule has 2 N–H and O–H groups in total. The van der Waals surface area contributed by atoms with Crippen LogP contribution in [-0.2, 0) is 11.3 Å². The molecule has 0 bridgehead atoms. The predicted octanol–water partition coefficient (Wildman–Crippen LogP) is 0.964. The van der Waals surface area contributed by atoms with Gasteiger partial charge in [0.15, 0.2) is 0 Å². The molecule has 11 nitrogen and oxygen atoms in total. The molecule has 34 heavy (non-hydrogen) atoms. The van der Waals surface area contributed by atoms with Crippen LogP contribution < -0.4 is 5.32 Å². The Morgan fingerprint density at radius 3 is 2.79 bits per heavy atom. The van der Waals surface area contributed by atoms with Gasteiger partial charge in [0.25, 0.3) is 5.91 Å². The summed E-state index contributed by atoms with van der Waals surface area (Å²) in [5, 5.41) is 24.9. The number of carbonyl (C=O) groups is 2. The molecule has 0 unspecified atom stereocenters. The number of hydrogen-bond donors (Lipinski definition) is 2. The standard InChI is InChI=1S/C23H25N7O4/c1-14-17(3-4-18-19(14)12-34-23(18)33)21(31)11-29-8-6-15(7-9-29)26-22(32)20-5-2-16(10-24-20)30-13-25-27-28-30/h2-5,10,13,15,21,31H,6-9,11-12H2,1H3,(H,26,32)/t21-/m0/s1. The Hall–Kier alpha value is -3.70. The summed E-state index contributed by atoms with van der Waals surface area (Å²) in [6.07, 6.45) is 3.93. The van der Waals surface area contributed by atoms with Crippen LogP contribution in [-0.4, -0.2) is 72.8 Å². The van der Waals surface area contributed by atoms with Gasteiger partial charge >= 0.3 is 5.97 Å². The first-order valence-electron chi connectivity index (χ1n) is 11.2. The molecule has 3 aromatic rings. The van der Waals surface area contributed by atoms with Gasteiger partial charge in [-0.25, -0.2) is 9.78 Å². The molecule has 2 aliphatic rings. The zero-order valence-corrected chi connectivity index (χ0v) is 18.7. The fourth-order valence-electron chi connectivity index (χ4n) is 4.53. The molecule has 2 aliphatic heterocycles. The van der Waals surface area contributed by atoms with E-state index in [0.717, 1.165) is 42.6 Å². The molecule has 1 aromatic carbocycles. The average molecular weight is 463 g/mol. The molecule has 4 heterocycles. The summed E-state index contributed by atoms with van der Waals surface area (Å²) in [5.74, 6) is -0.519. The highest BCUT2D eigenvalue weighted by molar-refractivity contribution is 5.94. The highest BCUT2D eigenvalue weighted by atomic mass is 16.5. The highest BCUT2D eigenvalue weighted by Gasteiger charge is 2.27. The lowest BCUT2D eigenvalue weighted by Crippen LogP contribution is -2.45. The number of rotatable bonds is 6. The molecule has 0 radical (unpaired) electrons. The number of nitrogens with zero attached hydrogens (tertiary/aromatic N) is 6. The van der Waals surface area contributed by atoms with Crippen molar-refractivity contribution in [1.82, 2.24) is 35.4 Å². The minimum Gasteiger partial charge on any atom is -0.457 e. The van der Waals surface area contributed by atoms with Crippen molar-refractivity contribution < 1.29 is 19.4 Å². The van der Waals surface area contributed by atoms with Crippen molar-refractivity contribution >= 4 is 11.9 Å². The van der Waals surface area contributed by atoms with Crippen LogP contribution in [0.2, 0.25) is 0 Å². The number of amides is 1. The highest BCUT2D eigenvalue weighted by Crippen LogP contribution is 2.29. The lowest BCUT2D eigenvalue weighted by molar-refractivity contribution is 0.0534. The second kappa shape index (κ2) is 9.27. The Kier molecular flexibility index (Phi) is 6.03. The number of tetrazole rings is 1. The van der Waals surface area contributed by atoms with Gasteiger partial charge in [-0.05, 0) is 59.5 Å². The Morgan fingerprint density at radius 2 is 2.09 bits per heavy atom. The van der Waals surface area contributed by atoms with Crippen LogP contribution in [0.5, 0.6) is 0 Å². The summed E-state index contributed by atoms with van der Waals surface area (Å²) in [7, 11) is 0. The number of aliphatic hydroxyl groups excluding tert-OH is 1. The van der Waals surface area contributed by atoms with E-state index in [0.29, 0.717) is 23.5 Å². The topological polar surface area (TPSA) is 135 Å². The van der Waals surface area contributed by atoms with Gasteiger partial charge in [0.1, 0.15) is 18.6 Å². The molecule has 0 aliphatic carbocycles. The Morgan fingerprint density at radius 1 is 1.26 bits per heavy atom. The van der Waals surface area contributed by atoms with E-state index in [1.54, 1.807) is 24.4 Å². The van der Waals surface area contributed by atoms with Crippen molar-refractivity contribution in [3.05, 3.63) is 64.7 Å². The Balaban J connectivity index is 1.13. The number of hydrogen-bond acceptors (Lipinski definition) is 9. The maximum absolute atomic E-state index is 12.6. The summed E-state index contributed by atoms with van der Waals surface area (Å²) < 4.78 is 6.58. The summed E-state index contributed by atoms with van der Waals surface area (Å²) in [6, 6.07) is 6.99. The molecule has 176 valence electrons. The number of piperidine rings is 1. The van der Waals surface area contributed by atoms with Crippen LogP contribution >= 0.6 is 0 Å². The number of ether oxygens (including phenoxy) is 1. The second-order valence-electron chi connectivity index (χ2n) is 8.60. The summed E-state index contributed by atoms with van der Waals surface area (Å²) in [4.78, 5) is 30.8. The van der Waals surface area contributed by atoms with Crippen molar-refractivity contribution in [2.45, 2.75) is 38.5 Å². The minimum absolute atomic E-state index is 0.0479. The van der Waals surface area contributed by atoms with Crippen LogP contribution in [0.4, 0.5) is 0 Å². The number of β-amino-alcohol motifs (C(OH)–C–C–N with tert-alkyl or cyclic N) is 1. The molecule has 0 spiro atoms. The predicted molar refractivity (Wildman–Crippen MR) is 119 cm³/mol. The molecule has 0 saturated carbocycles. The molecule has 1 saturated heterocycles. The van der Waals surface area contributed by atoms with Crippen LogP contribution in [0, 0.1) is 6.92 Å². The number of pyridine rings is 1. The van der Waals surface area contributed by atoms with Gasteiger partial charge in [-0.2, -0.15) is 4.68 Å². The van der Waals surface area contributed by atoms with Gasteiger partial charge in [0, 0.05) is 31.2 Å². The molecule has 11 heteroatoms. The first kappa shape index (κ1) is 22.1. The number of nitrogens with one attached hydrogen (secondary N) is 1.